The van der Waals surface area contributed by atoms with E-state index in [0.29, 0.717) is 17.1 Å². The number of hydrogen-bond donors (Lipinski definition) is 1. The summed E-state index contributed by atoms with van der Waals surface area (Å²) in [5, 5.41) is 11.2. The Morgan fingerprint density at radius 2 is 1.81 bits per heavy atom. The molecule has 0 spiro atoms. The van der Waals surface area contributed by atoms with E-state index in [1.165, 1.54) is 4.68 Å². The van der Waals surface area contributed by atoms with Crippen LogP contribution < -0.4 is 5.73 Å². The molecule has 0 saturated carbocycles. The minimum Gasteiger partial charge on any atom is -0.399 e. The number of halogens is 3. The van der Waals surface area contributed by atoms with Crippen molar-refractivity contribution < 1.29 is 8.78 Å². The van der Waals surface area contributed by atoms with Crippen molar-refractivity contribution in [1.29, 1.82) is 0 Å². The van der Waals surface area contributed by atoms with E-state index in [-0.39, 0.29) is 10.2 Å². The first-order valence-corrected chi connectivity index (χ1v) is 6.65. The van der Waals surface area contributed by atoms with Gasteiger partial charge in [0, 0.05) is 21.8 Å². The maximum Gasteiger partial charge on any atom is 0.187 e. The SMILES string of the molecule is Nc1ccc(-c2nnnn2-c2c(F)cc(F)cc2Br)cc1. The quantitative estimate of drug-likeness (QED) is 0.720. The molecule has 0 aliphatic heterocycles. The third-order valence-electron chi connectivity index (χ3n) is 2.83. The number of benzene rings is 2. The molecule has 0 bridgehead atoms. The van der Waals surface area contributed by atoms with Crippen LogP contribution in [-0.4, -0.2) is 20.2 Å². The molecule has 8 heteroatoms. The van der Waals surface area contributed by atoms with E-state index < -0.39 is 11.6 Å². The highest BCUT2D eigenvalue weighted by Crippen LogP contribution is 2.28. The van der Waals surface area contributed by atoms with Crippen LogP contribution >= 0.6 is 15.9 Å². The summed E-state index contributed by atoms with van der Waals surface area (Å²) in [4.78, 5) is 0. The molecule has 1 heterocycles. The Bertz CT molecular complexity index is 778. The minimum atomic E-state index is -0.772. The van der Waals surface area contributed by atoms with Crippen molar-refractivity contribution in [1.82, 2.24) is 20.2 Å². The summed E-state index contributed by atoms with van der Waals surface area (Å²) in [5.41, 5.74) is 6.91. The van der Waals surface area contributed by atoms with Gasteiger partial charge >= 0.3 is 0 Å². The van der Waals surface area contributed by atoms with Crippen LogP contribution in [0.4, 0.5) is 14.5 Å². The summed E-state index contributed by atoms with van der Waals surface area (Å²) < 4.78 is 28.6. The Morgan fingerprint density at radius 3 is 2.48 bits per heavy atom. The first-order valence-electron chi connectivity index (χ1n) is 5.85. The van der Waals surface area contributed by atoms with Gasteiger partial charge in [0.1, 0.15) is 11.5 Å². The van der Waals surface area contributed by atoms with E-state index in [2.05, 4.69) is 31.5 Å². The molecule has 3 aromatic rings. The van der Waals surface area contributed by atoms with E-state index >= 15 is 0 Å². The fourth-order valence-corrected chi connectivity index (χ4v) is 2.46. The highest BCUT2D eigenvalue weighted by molar-refractivity contribution is 9.10. The number of tetrazole rings is 1. The molecule has 0 radical (unpaired) electrons. The van der Waals surface area contributed by atoms with Gasteiger partial charge in [0.05, 0.1) is 0 Å². The highest BCUT2D eigenvalue weighted by Gasteiger charge is 2.18. The van der Waals surface area contributed by atoms with E-state index in [1.54, 1.807) is 24.3 Å². The maximum absolute atomic E-state index is 14.0. The van der Waals surface area contributed by atoms with Crippen molar-refractivity contribution in [2.45, 2.75) is 0 Å². The minimum absolute atomic E-state index is 0.0354. The van der Waals surface area contributed by atoms with Gasteiger partial charge in [0.25, 0.3) is 0 Å². The first-order chi connectivity index (χ1) is 10.1. The lowest BCUT2D eigenvalue weighted by Crippen LogP contribution is -2.04. The molecule has 3 rings (SSSR count). The van der Waals surface area contributed by atoms with Crippen LogP contribution in [-0.2, 0) is 0 Å². The predicted octanol–water partition coefficient (Wildman–Crippen LogP) is 2.95. The van der Waals surface area contributed by atoms with Gasteiger partial charge in [-0.1, -0.05) is 0 Å². The van der Waals surface area contributed by atoms with Crippen LogP contribution in [0, 0.1) is 11.6 Å². The number of nitrogen functional groups attached to an aromatic ring is 1. The van der Waals surface area contributed by atoms with E-state index in [4.69, 9.17) is 5.73 Å². The Morgan fingerprint density at radius 1 is 1.10 bits per heavy atom. The topological polar surface area (TPSA) is 69.6 Å². The van der Waals surface area contributed by atoms with Crippen LogP contribution in [0.15, 0.2) is 40.9 Å². The zero-order chi connectivity index (χ0) is 15.0. The number of hydrogen-bond acceptors (Lipinski definition) is 4. The molecule has 0 saturated heterocycles. The van der Waals surface area contributed by atoms with Crippen molar-refractivity contribution in [2.75, 3.05) is 5.73 Å². The van der Waals surface area contributed by atoms with Gasteiger partial charge in [-0.25, -0.2) is 8.78 Å². The number of rotatable bonds is 2. The summed E-state index contributed by atoms with van der Waals surface area (Å²) in [6.45, 7) is 0. The Balaban J connectivity index is 2.18. The lowest BCUT2D eigenvalue weighted by Gasteiger charge is -2.08. The van der Waals surface area contributed by atoms with Gasteiger partial charge in [-0.05, 0) is 56.7 Å². The molecule has 0 fully saturated rings. The average Bonchev–Trinajstić information content (AvgIpc) is 2.87. The van der Waals surface area contributed by atoms with Crippen LogP contribution in [0.1, 0.15) is 0 Å². The molecule has 5 nitrogen and oxygen atoms in total. The third-order valence-corrected chi connectivity index (χ3v) is 3.44. The molecule has 0 unspecified atom stereocenters. The summed E-state index contributed by atoms with van der Waals surface area (Å²) in [6, 6.07) is 8.72. The van der Waals surface area contributed by atoms with Crippen molar-refractivity contribution in [3.05, 3.63) is 52.5 Å². The van der Waals surface area contributed by atoms with Crippen molar-refractivity contribution in [3.8, 4) is 17.1 Å². The lowest BCUT2D eigenvalue weighted by atomic mass is 10.2. The average molecular weight is 352 g/mol. The van der Waals surface area contributed by atoms with Gasteiger partial charge in [-0.2, -0.15) is 4.68 Å². The summed E-state index contributed by atoms with van der Waals surface area (Å²) in [7, 11) is 0. The zero-order valence-corrected chi connectivity index (χ0v) is 12.1. The van der Waals surface area contributed by atoms with Crippen LogP contribution in [0.25, 0.3) is 17.1 Å². The number of aromatic nitrogens is 4. The number of nitrogens with two attached hydrogens (primary N) is 1. The van der Waals surface area contributed by atoms with Crippen molar-refractivity contribution in [2.24, 2.45) is 0 Å². The molecule has 2 N–H and O–H groups in total. The van der Waals surface area contributed by atoms with Gasteiger partial charge in [0.15, 0.2) is 11.6 Å². The standard InChI is InChI=1S/C13H8BrF2N5/c14-10-5-8(15)6-11(16)12(10)21-13(18-19-20-21)7-1-3-9(17)4-2-7/h1-6H,17H2. The predicted molar refractivity (Wildman–Crippen MR) is 76.6 cm³/mol. The molecule has 106 valence electrons. The molecule has 1 aromatic heterocycles. The fraction of sp³-hybridized carbons (Fsp3) is 0. The first kappa shape index (κ1) is 13.6. The summed E-state index contributed by atoms with van der Waals surface area (Å²) in [6.07, 6.45) is 0. The summed E-state index contributed by atoms with van der Waals surface area (Å²) in [5.74, 6) is -1.14. The number of nitrogens with zero attached hydrogens (tertiary/aromatic N) is 4. The molecule has 0 aliphatic carbocycles. The smallest absolute Gasteiger partial charge is 0.187 e. The lowest BCUT2D eigenvalue weighted by molar-refractivity contribution is 0.570. The second kappa shape index (κ2) is 5.21. The Labute approximate surface area is 126 Å². The molecular weight excluding hydrogens is 344 g/mol. The second-order valence-corrected chi connectivity index (χ2v) is 5.11. The molecular formula is C13H8BrF2N5. The second-order valence-electron chi connectivity index (χ2n) is 4.25. The van der Waals surface area contributed by atoms with Crippen molar-refractivity contribution >= 4 is 21.6 Å². The van der Waals surface area contributed by atoms with Crippen LogP contribution in [0.5, 0.6) is 0 Å². The van der Waals surface area contributed by atoms with Crippen molar-refractivity contribution in [3.63, 3.8) is 0 Å². The zero-order valence-electron chi connectivity index (χ0n) is 10.5. The fourth-order valence-electron chi connectivity index (χ4n) is 1.89. The van der Waals surface area contributed by atoms with Gasteiger partial charge in [0.2, 0.25) is 0 Å². The Hall–Kier alpha value is -2.35. The van der Waals surface area contributed by atoms with E-state index in [9.17, 15) is 8.78 Å². The number of anilines is 1. The van der Waals surface area contributed by atoms with E-state index in [0.717, 1.165) is 12.1 Å². The summed E-state index contributed by atoms with van der Waals surface area (Å²) >= 11 is 3.12. The van der Waals surface area contributed by atoms with Crippen LogP contribution in [0.2, 0.25) is 0 Å². The monoisotopic (exact) mass is 351 g/mol. The molecule has 21 heavy (non-hydrogen) atoms. The molecule has 0 atom stereocenters. The van der Waals surface area contributed by atoms with Crippen LogP contribution in [0.3, 0.4) is 0 Å². The highest BCUT2D eigenvalue weighted by atomic mass is 79.9. The molecule has 0 aliphatic rings. The van der Waals surface area contributed by atoms with Gasteiger partial charge in [-0.15, -0.1) is 5.10 Å². The largest absolute Gasteiger partial charge is 0.399 e. The van der Waals surface area contributed by atoms with Gasteiger partial charge in [-0.3, -0.25) is 0 Å². The normalized spacial score (nSPS) is 10.8. The Kier molecular flexibility index (Phi) is 3.38. The molecule has 2 aromatic carbocycles. The maximum atomic E-state index is 14.0. The third kappa shape index (κ3) is 2.49. The van der Waals surface area contributed by atoms with E-state index in [1.807, 2.05) is 0 Å². The van der Waals surface area contributed by atoms with Gasteiger partial charge < -0.3 is 5.73 Å². The molecule has 0 amide bonds.